The minimum atomic E-state index is -3.77. The number of ether oxygens (including phenoxy) is 1. The fourth-order valence-electron chi connectivity index (χ4n) is 2.35. The predicted octanol–water partition coefficient (Wildman–Crippen LogP) is 1.42. The van der Waals surface area contributed by atoms with Gasteiger partial charge in [-0.05, 0) is 6.92 Å². The van der Waals surface area contributed by atoms with Crippen molar-refractivity contribution in [3.05, 3.63) is 23.5 Å². The summed E-state index contributed by atoms with van der Waals surface area (Å²) in [6.45, 7) is 0.792. The Morgan fingerprint density at radius 2 is 2.08 bits per heavy atom. The fourth-order valence-corrected chi connectivity index (χ4v) is 2.35. The molecule has 0 saturated carbocycles. The Morgan fingerprint density at radius 1 is 1.42 bits per heavy atom. The van der Waals surface area contributed by atoms with Crippen LogP contribution in [-0.4, -0.2) is 45.9 Å². The molecule has 2 rings (SSSR count). The maximum Gasteiger partial charge on any atom is 0.325 e. The normalized spacial score (nSPS) is 16.9. The highest BCUT2D eigenvalue weighted by molar-refractivity contribution is 6.02. The number of aromatic nitrogens is 1. The van der Waals surface area contributed by atoms with E-state index in [0.29, 0.717) is 19.4 Å². The maximum atomic E-state index is 13.8. The molecule has 1 unspecified atom stereocenters. The lowest BCUT2D eigenvalue weighted by Gasteiger charge is -2.34. The van der Waals surface area contributed by atoms with Crippen molar-refractivity contribution in [2.75, 3.05) is 13.2 Å². The van der Waals surface area contributed by atoms with Gasteiger partial charge in [-0.15, -0.1) is 0 Å². The summed E-state index contributed by atoms with van der Waals surface area (Å²) in [6.07, 6.45) is 2.64. The summed E-state index contributed by atoms with van der Waals surface area (Å²) in [5, 5.41) is 18.2. The zero-order valence-corrected chi connectivity index (χ0v) is 13.0. The van der Waals surface area contributed by atoms with Crippen LogP contribution in [0, 0.1) is 16.7 Å². The van der Waals surface area contributed by atoms with E-state index in [-0.39, 0.29) is 31.0 Å². The number of carboxylic acid groups (broad SMARTS) is 1. The smallest absolute Gasteiger partial charge is 0.325 e. The quantitative estimate of drug-likeness (QED) is 0.835. The van der Waals surface area contributed by atoms with Gasteiger partial charge in [0.1, 0.15) is 24.0 Å². The van der Waals surface area contributed by atoms with Crippen LogP contribution in [0.1, 0.15) is 25.0 Å². The van der Waals surface area contributed by atoms with Crippen molar-refractivity contribution in [1.82, 2.24) is 9.88 Å². The average molecular weight is 339 g/mol. The van der Waals surface area contributed by atoms with E-state index in [9.17, 15) is 23.5 Å². The Labute approximate surface area is 136 Å². The molecule has 0 fully saturated rings. The molecule has 1 atom stereocenters. The second kappa shape index (κ2) is 6.03. The van der Waals surface area contributed by atoms with Gasteiger partial charge in [-0.3, -0.25) is 14.6 Å². The van der Waals surface area contributed by atoms with Crippen LogP contribution in [-0.2, 0) is 16.1 Å². The van der Waals surface area contributed by atoms with Crippen LogP contribution < -0.4 is 4.74 Å². The van der Waals surface area contributed by atoms with E-state index >= 15 is 0 Å². The van der Waals surface area contributed by atoms with Gasteiger partial charge in [0.05, 0.1) is 13.1 Å². The van der Waals surface area contributed by atoms with Gasteiger partial charge in [0.15, 0.2) is 0 Å². The van der Waals surface area contributed by atoms with E-state index < -0.39 is 23.2 Å². The van der Waals surface area contributed by atoms with E-state index in [4.69, 9.17) is 10.00 Å². The van der Waals surface area contributed by atoms with E-state index in [1.54, 1.807) is 0 Å². The third kappa shape index (κ3) is 2.75. The van der Waals surface area contributed by atoms with Crippen molar-refractivity contribution in [3.63, 3.8) is 0 Å². The van der Waals surface area contributed by atoms with Crippen LogP contribution in [0.5, 0.6) is 5.75 Å². The Kier molecular flexibility index (Phi) is 4.42. The molecule has 1 amide bonds. The zero-order valence-electron chi connectivity index (χ0n) is 13.0. The zero-order chi connectivity index (χ0) is 18.1. The lowest BCUT2D eigenvalue weighted by Crippen LogP contribution is -2.55. The summed E-state index contributed by atoms with van der Waals surface area (Å²) in [5.41, 5.74) is -2.40. The average Bonchev–Trinajstić information content (AvgIpc) is 2.73. The first-order chi connectivity index (χ1) is 11.1. The molecule has 0 radical (unpaired) electrons. The van der Waals surface area contributed by atoms with Crippen molar-refractivity contribution < 1.29 is 28.2 Å². The van der Waals surface area contributed by atoms with Crippen LogP contribution in [0.4, 0.5) is 8.78 Å². The number of amides is 1. The van der Waals surface area contributed by atoms with Crippen LogP contribution >= 0.6 is 0 Å². The summed E-state index contributed by atoms with van der Waals surface area (Å²) >= 11 is 0. The first-order valence-electron chi connectivity index (χ1n) is 7.03. The molecule has 1 aromatic rings. The number of nitriles is 1. The number of fused-ring (bicyclic) bond motifs is 1. The number of halogens is 2. The number of carbonyl (C=O) groups excluding carboxylic acids is 1. The summed E-state index contributed by atoms with van der Waals surface area (Å²) in [6, 6.07) is 1.89. The second-order valence-corrected chi connectivity index (χ2v) is 5.68. The molecule has 1 N–H and O–H groups in total. The Morgan fingerprint density at radius 3 is 2.62 bits per heavy atom. The lowest BCUT2D eigenvalue weighted by atomic mass is 9.82. The van der Waals surface area contributed by atoms with E-state index in [1.807, 2.05) is 6.07 Å². The van der Waals surface area contributed by atoms with Crippen molar-refractivity contribution in [3.8, 4) is 11.8 Å². The van der Waals surface area contributed by atoms with Crippen molar-refractivity contribution >= 4 is 11.9 Å². The molecule has 1 aliphatic heterocycles. The lowest BCUT2D eigenvalue weighted by molar-refractivity contribution is -0.185. The first kappa shape index (κ1) is 17.6. The summed E-state index contributed by atoms with van der Waals surface area (Å²) in [5.74, 6) is -6.67. The summed E-state index contributed by atoms with van der Waals surface area (Å²) < 4.78 is 33.1. The van der Waals surface area contributed by atoms with Crippen LogP contribution in [0.2, 0.25) is 0 Å². The summed E-state index contributed by atoms with van der Waals surface area (Å²) in [7, 11) is 0. The number of rotatable bonds is 3. The number of nitrogens with zero attached hydrogens (tertiary/aromatic N) is 3. The van der Waals surface area contributed by atoms with Crippen molar-refractivity contribution in [1.29, 1.82) is 5.26 Å². The number of carboxylic acids is 1. The molecule has 0 aromatic carbocycles. The van der Waals surface area contributed by atoms with E-state index in [2.05, 4.69) is 4.98 Å². The molecule has 1 aromatic heterocycles. The van der Waals surface area contributed by atoms with Crippen LogP contribution in [0.3, 0.4) is 0 Å². The predicted molar refractivity (Wildman–Crippen MR) is 76.2 cm³/mol. The molecular formula is C15H15F2N3O4. The third-order valence-electron chi connectivity index (χ3n) is 4.08. The number of hydrogen-bond donors (Lipinski definition) is 1. The highest BCUT2D eigenvalue weighted by atomic mass is 19.3. The molecule has 128 valence electrons. The second-order valence-electron chi connectivity index (χ2n) is 5.68. The van der Waals surface area contributed by atoms with Crippen molar-refractivity contribution in [2.24, 2.45) is 5.41 Å². The largest absolute Gasteiger partial charge is 0.490 e. The number of carbonyl (C=O) groups is 2. The van der Waals surface area contributed by atoms with E-state index in [0.717, 1.165) is 4.90 Å². The van der Waals surface area contributed by atoms with Gasteiger partial charge in [-0.1, -0.05) is 0 Å². The highest BCUT2D eigenvalue weighted by Gasteiger charge is 2.59. The minimum absolute atomic E-state index is 0.0532. The van der Waals surface area contributed by atoms with Gasteiger partial charge in [0.2, 0.25) is 11.3 Å². The number of alkyl halides is 2. The van der Waals surface area contributed by atoms with Gasteiger partial charge in [-0.25, -0.2) is 8.78 Å². The molecule has 7 nitrogen and oxygen atoms in total. The molecular weight excluding hydrogens is 324 g/mol. The number of aliphatic carboxylic acids is 1. The molecule has 9 heteroatoms. The van der Waals surface area contributed by atoms with Gasteiger partial charge < -0.3 is 14.7 Å². The molecule has 24 heavy (non-hydrogen) atoms. The SMILES string of the molecule is CC(F)(F)C(C)(C(=O)O)C(=O)N1CCOc2c(C#N)cncc2C1. The standard InChI is InChI=1S/C15H15F2N3O4/c1-14(13(22)23,15(2,16)17)12(21)20-3-4-24-11-9(5-18)6-19-7-10(11)8-20/h6-7H,3-4,8H2,1-2H3,(H,22,23). The van der Waals surface area contributed by atoms with E-state index in [1.165, 1.54) is 12.4 Å². The molecule has 0 bridgehead atoms. The molecule has 0 saturated heterocycles. The maximum absolute atomic E-state index is 13.8. The number of pyridine rings is 1. The number of hydrogen-bond acceptors (Lipinski definition) is 5. The molecule has 2 heterocycles. The van der Waals surface area contributed by atoms with Crippen LogP contribution in [0.25, 0.3) is 0 Å². The van der Waals surface area contributed by atoms with Crippen molar-refractivity contribution in [2.45, 2.75) is 26.3 Å². The van der Waals surface area contributed by atoms with Gasteiger partial charge in [-0.2, -0.15) is 5.26 Å². The highest BCUT2D eigenvalue weighted by Crippen LogP contribution is 2.39. The van der Waals surface area contributed by atoms with Gasteiger partial charge in [0, 0.05) is 24.9 Å². The monoisotopic (exact) mass is 339 g/mol. The van der Waals surface area contributed by atoms with Crippen LogP contribution in [0.15, 0.2) is 12.4 Å². The summed E-state index contributed by atoms with van der Waals surface area (Å²) in [4.78, 5) is 28.8. The molecule has 0 aliphatic carbocycles. The Balaban J connectivity index is 2.41. The van der Waals surface area contributed by atoms with Gasteiger partial charge in [0.25, 0.3) is 5.92 Å². The fraction of sp³-hybridized carbons (Fsp3) is 0.467. The molecule has 1 aliphatic rings. The first-order valence-corrected chi connectivity index (χ1v) is 7.03. The Hall–Kier alpha value is -2.76. The Bertz CT molecular complexity index is 726. The van der Waals surface area contributed by atoms with Gasteiger partial charge >= 0.3 is 5.97 Å². The minimum Gasteiger partial charge on any atom is -0.490 e. The third-order valence-corrected chi connectivity index (χ3v) is 4.08. The molecule has 0 spiro atoms. The topological polar surface area (TPSA) is 104 Å².